The van der Waals surface area contributed by atoms with Crippen LogP contribution in [-0.4, -0.2) is 14.7 Å². The summed E-state index contributed by atoms with van der Waals surface area (Å²) in [5.74, 6) is 4.79. The van der Waals surface area contributed by atoms with Crippen LogP contribution in [0.2, 0.25) is 0 Å². The van der Waals surface area contributed by atoms with Gasteiger partial charge >= 0.3 is 0 Å². The van der Waals surface area contributed by atoms with Gasteiger partial charge in [-0.15, -0.1) is 0 Å². The Balaban J connectivity index is 2.73. The second-order valence-electron chi connectivity index (χ2n) is 2.97. The Morgan fingerprint density at radius 3 is 2.40 bits per heavy atom. The third-order valence-electron chi connectivity index (χ3n) is 1.76. The highest BCUT2D eigenvalue weighted by Crippen LogP contribution is 2.09. The van der Waals surface area contributed by atoms with Gasteiger partial charge in [-0.05, 0) is 17.7 Å². The molecule has 0 aliphatic rings. The van der Waals surface area contributed by atoms with Gasteiger partial charge in [0, 0.05) is 6.26 Å². The number of nitrogens with one attached hydrogen (secondary N) is 1. The molecule has 82 valence electrons. The fraction of sp³-hybridized carbons (Fsp3) is 0.250. The van der Waals surface area contributed by atoms with Gasteiger partial charge in [-0.25, -0.2) is 8.42 Å². The number of hydrogen-bond donors (Lipinski definition) is 2. The van der Waals surface area contributed by atoms with Crippen LogP contribution in [0.25, 0.3) is 0 Å². The molecular weight excluding hydrogens is 216 g/mol. The molecule has 3 N–H and O–H groups in total. The van der Waals surface area contributed by atoms with Crippen molar-refractivity contribution in [1.82, 2.24) is 5.43 Å². The minimum atomic E-state index is -3.13. The molecule has 15 heavy (non-hydrogen) atoms. The molecule has 0 fully saturated rings. The lowest BCUT2D eigenvalue weighted by Gasteiger charge is -2.01. The van der Waals surface area contributed by atoms with Crippen LogP contribution in [0.4, 0.5) is 0 Å². The van der Waals surface area contributed by atoms with Crippen LogP contribution in [0.5, 0.6) is 0 Å². The maximum atomic E-state index is 11.1. The first-order chi connectivity index (χ1) is 7.04. The summed E-state index contributed by atoms with van der Waals surface area (Å²) in [6, 6.07) is 6.50. The van der Waals surface area contributed by atoms with Crippen molar-refractivity contribution in [3.63, 3.8) is 0 Å². The van der Waals surface area contributed by atoms with Crippen molar-refractivity contribution in [3.05, 3.63) is 29.8 Å². The SMILES string of the molecule is CS(=O)(=O)c1ccc(CNN=NN)cc1. The first kappa shape index (κ1) is 11.4. The maximum Gasteiger partial charge on any atom is 0.175 e. The van der Waals surface area contributed by atoms with Crippen LogP contribution in [-0.2, 0) is 16.4 Å². The van der Waals surface area contributed by atoms with Crippen LogP contribution in [0.15, 0.2) is 39.6 Å². The number of rotatable bonds is 4. The summed E-state index contributed by atoms with van der Waals surface area (Å²) in [6.45, 7) is 0.449. The molecule has 0 aliphatic carbocycles. The number of hydrogen-bond acceptors (Lipinski definition) is 4. The van der Waals surface area contributed by atoms with E-state index >= 15 is 0 Å². The van der Waals surface area contributed by atoms with E-state index in [0.29, 0.717) is 11.4 Å². The van der Waals surface area contributed by atoms with Crippen LogP contribution >= 0.6 is 0 Å². The monoisotopic (exact) mass is 228 g/mol. The minimum absolute atomic E-state index is 0.298. The van der Waals surface area contributed by atoms with Crippen molar-refractivity contribution in [2.24, 2.45) is 16.3 Å². The zero-order valence-electron chi connectivity index (χ0n) is 8.21. The molecule has 1 aromatic carbocycles. The van der Waals surface area contributed by atoms with Crippen LogP contribution in [0.3, 0.4) is 0 Å². The molecule has 0 aliphatic heterocycles. The molecule has 0 aromatic heterocycles. The van der Waals surface area contributed by atoms with E-state index in [9.17, 15) is 8.42 Å². The maximum absolute atomic E-state index is 11.1. The zero-order valence-corrected chi connectivity index (χ0v) is 9.03. The quantitative estimate of drug-likeness (QED) is 0.443. The molecule has 1 aromatic rings. The molecule has 0 heterocycles. The number of benzene rings is 1. The van der Waals surface area contributed by atoms with E-state index in [1.165, 1.54) is 6.26 Å². The van der Waals surface area contributed by atoms with E-state index in [-0.39, 0.29) is 0 Å². The Bertz CT molecular complexity index is 438. The lowest BCUT2D eigenvalue weighted by Crippen LogP contribution is -2.05. The van der Waals surface area contributed by atoms with Crippen molar-refractivity contribution in [1.29, 1.82) is 0 Å². The summed E-state index contributed by atoms with van der Waals surface area (Å²) in [5, 5.41) is 6.40. The van der Waals surface area contributed by atoms with Gasteiger partial charge in [0.15, 0.2) is 9.84 Å². The molecule has 0 unspecified atom stereocenters. The minimum Gasteiger partial charge on any atom is -0.303 e. The Labute approximate surface area is 88.1 Å². The van der Waals surface area contributed by atoms with Gasteiger partial charge in [-0.3, -0.25) is 5.43 Å². The van der Waals surface area contributed by atoms with Crippen molar-refractivity contribution < 1.29 is 8.42 Å². The predicted molar refractivity (Wildman–Crippen MR) is 55.4 cm³/mol. The molecule has 7 heteroatoms. The van der Waals surface area contributed by atoms with E-state index < -0.39 is 9.84 Å². The molecule has 0 saturated carbocycles. The molecule has 1 rings (SSSR count). The van der Waals surface area contributed by atoms with Crippen molar-refractivity contribution in [2.75, 3.05) is 6.26 Å². The van der Waals surface area contributed by atoms with Gasteiger partial charge < -0.3 is 5.84 Å². The lowest BCUT2D eigenvalue weighted by atomic mass is 10.2. The summed E-state index contributed by atoms with van der Waals surface area (Å²) >= 11 is 0. The Morgan fingerprint density at radius 2 is 1.93 bits per heavy atom. The molecule has 0 bridgehead atoms. The highest BCUT2D eigenvalue weighted by Gasteiger charge is 2.05. The topological polar surface area (TPSA) is 96.9 Å². The van der Waals surface area contributed by atoms with Crippen LogP contribution in [0.1, 0.15) is 5.56 Å². The van der Waals surface area contributed by atoms with E-state index in [0.717, 1.165) is 5.56 Å². The predicted octanol–water partition coefficient (Wildman–Crippen LogP) is 0.421. The molecule has 0 saturated heterocycles. The first-order valence-corrected chi connectivity index (χ1v) is 6.05. The molecule has 6 nitrogen and oxygen atoms in total. The number of sulfone groups is 1. The average Bonchev–Trinajstić information content (AvgIpc) is 2.18. The molecular formula is C8H12N4O2S. The summed E-state index contributed by atoms with van der Waals surface area (Å²) in [6.07, 6.45) is 1.17. The van der Waals surface area contributed by atoms with Crippen LogP contribution < -0.4 is 11.3 Å². The van der Waals surface area contributed by atoms with Crippen molar-refractivity contribution >= 4 is 9.84 Å². The molecule has 0 spiro atoms. The Kier molecular flexibility index (Phi) is 3.62. The smallest absolute Gasteiger partial charge is 0.175 e. The lowest BCUT2D eigenvalue weighted by molar-refractivity contribution is 0.601. The highest BCUT2D eigenvalue weighted by molar-refractivity contribution is 7.90. The van der Waals surface area contributed by atoms with E-state index in [1.807, 2.05) is 0 Å². The third-order valence-corrected chi connectivity index (χ3v) is 2.89. The summed E-state index contributed by atoms with van der Waals surface area (Å²) in [4.78, 5) is 0.298. The second-order valence-corrected chi connectivity index (χ2v) is 4.98. The van der Waals surface area contributed by atoms with Gasteiger partial charge in [-0.1, -0.05) is 22.6 Å². The summed E-state index contributed by atoms with van der Waals surface area (Å²) < 4.78 is 22.3. The van der Waals surface area contributed by atoms with Crippen LogP contribution in [0, 0.1) is 0 Å². The van der Waals surface area contributed by atoms with E-state index in [1.54, 1.807) is 24.3 Å². The first-order valence-electron chi connectivity index (χ1n) is 4.16. The Hall–Kier alpha value is -1.63. The molecule has 0 radical (unpaired) electrons. The van der Waals surface area contributed by atoms with Gasteiger partial charge in [0.2, 0.25) is 0 Å². The molecule has 0 atom stereocenters. The van der Waals surface area contributed by atoms with E-state index in [2.05, 4.69) is 15.9 Å². The fourth-order valence-corrected chi connectivity index (χ4v) is 1.65. The molecule has 0 amide bonds. The number of nitrogens with two attached hydrogens (primary N) is 1. The standard InChI is InChI=1S/C8H12N4O2S/c1-15(13,14)8-4-2-7(3-5-8)6-10-12-11-9/h2-5H,6H2,1H3,(H2,9,12)(H,10,11). The Morgan fingerprint density at radius 1 is 1.33 bits per heavy atom. The summed E-state index contributed by atoms with van der Waals surface area (Å²) in [7, 11) is -3.13. The average molecular weight is 228 g/mol. The fourth-order valence-electron chi connectivity index (χ4n) is 1.02. The van der Waals surface area contributed by atoms with Crippen molar-refractivity contribution in [3.8, 4) is 0 Å². The second kappa shape index (κ2) is 4.74. The summed E-state index contributed by atoms with van der Waals surface area (Å²) in [5.41, 5.74) is 3.49. The van der Waals surface area contributed by atoms with Gasteiger partial charge in [0.05, 0.1) is 11.4 Å². The van der Waals surface area contributed by atoms with Gasteiger partial charge in [-0.2, -0.15) is 0 Å². The van der Waals surface area contributed by atoms with E-state index in [4.69, 9.17) is 5.84 Å². The van der Waals surface area contributed by atoms with Gasteiger partial charge in [0.1, 0.15) is 0 Å². The third kappa shape index (κ3) is 3.55. The van der Waals surface area contributed by atoms with Crippen molar-refractivity contribution in [2.45, 2.75) is 11.4 Å². The van der Waals surface area contributed by atoms with Gasteiger partial charge in [0.25, 0.3) is 0 Å². The number of nitrogens with zero attached hydrogens (tertiary/aromatic N) is 2. The highest BCUT2D eigenvalue weighted by atomic mass is 32.2. The zero-order chi connectivity index (χ0) is 11.3. The largest absolute Gasteiger partial charge is 0.303 e. The normalized spacial score (nSPS) is 11.8.